The molecule has 4 nitrogen and oxygen atoms in total. The summed E-state index contributed by atoms with van der Waals surface area (Å²) in [6.45, 7) is 4.93. The Morgan fingerprint density at radius 3 is 2.12 bits per heavy atom. The molecule has 4 heteroatoms. The molecule has 1 heterocycles. The molecule has 122 valence electrons. The Morgan fingerprint density at radius 2 is 1.46 bits per heavy atom. The minimum Gasteiger partial charge on any atom is -0.368 e. The molecule has 0 radical (unpaired) electrons. The highest BCUT2D eigenvalue weighted by atomic mass is 15.1. The van der Waals surface area contributed by atoms with Gasteiger partial charge in [-0.3, -0.25) is 0 Å². The SMILES string of the molecule is CC(C)Nc1cc(NCc2ccccc2)nc(-c2ccccc2)n1. The molecular weight excluding hydrogens is 296 g/mol. The summed E-state index contributed by atoms with van der Waals surface area (Å²) >= 11 is 0. The Hall–Kier alpha value is -2.88. The number of nitrogens with zero attached hydrogens (tertiary/aromatic N) is 2. The molecular formula is C20H22N4. The first kappa shape index (κ1) is 16.0. The van der Waals surface area contributed by atoms with E-state index in [4.69, 9.17) is 0 Å². The van der Waals surface area contributed by atoms with Crippen LogP contribution in [0.3, 0.4) is 0 Å². The van der Waals surface area contributed by atoms with E-state index in [1.807, 2.05) is 54.6 Å². The van der Waals surface area contributed by atoms with E-state index in [9.17, 15) is 0 Å². The molecule has 0 aliphatic carbocycles. The Bertz CT molecular complexity index is 770. The summed E-state index contributed by atoms with van der Waals surface area (Å²) in [6.07, 6.45) is 0. The number of aromatic nitrogens is 2. The molecule has 0 saturated heterocycles. The van der Waals surface area contributed by atoms with Crippen LogP contribution in [0, 0.1) is 0 Å². The number of benzene rings is 2. The third-order valence-electron chi connectivity index (χ3n) is 3.51. The van der Waals surface area contributed by atoms with Crippen LogP contribution in [-0.2, 0) is 6.54 Å². The summed E-state index contributed by atoms with van der Waals surface area (Å²) in [5.41, 5.74) is 2.23. The van der Waals surface area contributed by atoms with Gasteiger partial charge in [0.1, 0.15) is 11.6 Å². The average molecular weight is 318 g/mol. The highest BCUT2D eigenvalue weighted by Crippen LogP contribution is 2.21. The second-order valence-electron chi connectivity index (χ2n) is 5.97. The van der Waals surface area contributed by atoms with Crippen molar-refractivity contribution in [2.45, 2.75) is 26.4 Å². The van der Waals surface area contributed by atoms with Crippen molar-refractivity contribution in [3.05, 3.63) is 72.3 Å². The van der Waals surface area contributed by atoms with Crippen LogP contribution < -0.4 is 10.6 Å². The van der Waals surface area contributed by atoms with Gasteiger partial charge >= 0.3 is 0 Å². The van der Waals surface area contributed by atoms with Crippen molar-refractivity contribution in [3.8, 4) is 11.4 Å². The molecule has 0 saturated carbocycles. The largest absolute Gasteiger partial charge is 0.368 e. The third kappa shape index (κ3) is 4.32. The van der Waals surface area contributed by atoms with Crippen molar-refractivity contribution in [2.24, 2.45) is 0 Å². The lowest BCUT2D eigenvalue weighted by molar-refractivity contribution is 0.887. The van der Waals surface area contributed by atoms with E-state index >= 15 is 0 Å². The van der Waals surface area contributed by atoms with Crippen molar-refractivity contribution in [1.29, 1.82) is 0 Å². The molecule has 0 amide bonds. The van der Waals surface area contributed by atoms with E-state index in [0.717, 1.165) is 29.6 Å². The van der Waals surface area contributed by atoms with Crippen molar-refractivity contribution >= 4 is 11.6 Å². The van der Waals surface area contributed by atoms with Gasteiger partial charge in [-0.15, -0.1) is 0 Å². The Balaban J connectivity index is 1.87. The van der Waals surface area contributed by atoms with Crippen LogP contribution in [0.5, 0.6) is 0 Å². The quantitative estimate of drug-likeness (QED) is 0.698. The van der Waals surface area contributed by atoms with E-state index in [1.165, 1.54) is 5.56 Å². The number of rotatable bonds is 6. The second-order valence-corrected chi connectivity index (χ2v) is 5.97. The van der Waals surface area contributed by atoms with E-state index in [2.05, 4.69) is 46.6 Å². The minimum absolute atomic E-state index is 0.311. The van der Waals surface area contributed by atoms with E-state index in [1.54, 1.807) is 0 Å². The monoisotopic (exact) mass is 318 g/mol. The zero-order valence-corrected chi connectivity index (χ0v) is 14.0. The molecule has 3 aromatic rings. The van der Waals surface area contributed by atoms with Crippen molar-refractivity contribution in [2.75, 3.05) is 10.6 Å². The molecule has 2 aromatic carbocycles. The predicted molar refractivity (Wildman–Crippen MR) is 100.0 cm³/mol. The van der Waals surface area contributed by atoms with Crippen LogP contribution >= 0.6 is 0 Å². The first-order chi connectivity index (χ1) is 11.7. The van der Waals surface area contributed by atoms with Gasteiger partial charge in [0.25, 0.3) is 0 Å². The molecule has 3 rings (SSSR count). The lowest BCUT2D eigenvalue weighted by Gasteiger charge is -2.13. The maximum absolute atomic E-state index is 4.66. The molecule has 0 aliphatic rings. The Labute approximate surface area is 143 Å². The fourth-order valence-corrected chi connectivity index (χ4v) is 2.41. The summed E-state index contributed by atoms with van der Waals surface area (Å²) in [5.74, 6) is 2.36. The van der Waals surface area contributed by atoms with Gasteiger partial charge in [-0.2, -0.15) is 0 Å². The van der Waals surface area contributed by atoms with Crippen molar-refractivity contribution < 1.29 is 0 Å². The number of anilines is 2. The topological polar surface area (TPSA) is 49.8 Å². The van der Waals surface area contributed by atoms with Crippen molar-refractivity contribution in [3.63, 3.8) is 0 Å². The summed E-state index contributed by atoms with van der Waals surface area (Å²) in [6, 6.07) is 22.6. The highest BCUT2D eigenvalue weighted by molar-refractivity contribution is 5.61. The number of hydrogen-bond donors (Lipinski definition) is 2. The molecule has 2 N–H and O–H groups in total. The smallest absolute Gasteiger partial charge is 0.163 e. The van der Waals surface area contributed by atoms with Gasteiger partial charge in [0, 0.05) is 24.2 Å². The number of hydrogen-bond acceptors (Lipinski definition) is 4. The zero-order valence-electron chi connectivity index (χ0n) is 14.0. The molecule has 1 aromatic heterocycles. The zero-order chi connectivity index (χ0) is 16.8. The predicted octanol–water partition coefficient (Wildman–Crippen LogP) is 4.58. The average Bonchev–Trinajstić information content (AvgIpc) is 2.61. The molecule has 0 fully saturated rings. The Kier molecular flexibility index (Phi) is 5.06. The summed E-state index contributed by atoms with van der Waals surface area (Å²) in [4.78, 5) is 9.30. The van der Waals surface area contributed by atoms with Gasteiger partial charge in [-0.1, -0.05) is 60.7 Å². The lowest BCUT2D eigenvalue weighted by Crippen LogP contribution is -2.13. The minimum atomic E-state index is 0.311. The Morgan fingerprint density at radius 1 is 0.833 bits per heavy atom. The van der Waals surface area contributed by atoms with Crippen LogP contribution in [-0.4, -0.2) is 16.0 Å². The van der Waals surface area contributed by atoms with E-state index in [0.29, 0.717) is 6.04 Å². The second kappa shape index (κ2) is 7.59. The van der Waals surface area contributed by atoms with Crippen LogP contribution in [0.15, 0.2) is 66.7 Å². The molecule has 0 unspecified atom stereocenters. The number of nitrogens with one attached hydrogen (secondary N) is 2. The van der Waals surface area contributed by atoms with Gasteiger partial charge in [0.05, 0.1) is 0 Å². The first-order valence-corrected chi connectivity index (χ1v) is 8.19. The van der Waals surface area contributed by atoms with E-state index < -0.39 is 0 Å². The first-order valence-electron chi connectivity index (χ1n) is 8.19. The molecule has 0 spiro atoms. The fourth-order valence-electron chi connectivity index (χ4n) is 2.41. The maximum atomic E-state index is 4.66. The molecule has 0 bridgehead atoms. The van der Waals surface area contributed by atoms with Gasteiger partial charge in [0.15, 0.2) is 5.82 Å². The van der Waals surface area contributed by atoms with Crippen molar-refractivity contribution in [1.82, 2.24) is 9.97 Å². The molecule has 24 heavy (non-hydrogen) atoms. The van der Waals surface area contributed by atoms with Crippen LogP contribution in [0.25, 0.3) is 11.4 Å². The van der Waals surface area contributed by atoms with Gasteiger partial charge in [-0.25, -0.2) is 9.97 Å². The molecule has 0 aliphatic heterocycles. The fraction of sp³-hybridized carbons (Fsp3) is 0.200. The van der Waals surface area contributed by atoms with Crippen LogP contribution in [0.4, 0.5) is 11.6 Å². The summed E-state index contributed by atoms with van der Waals surface area (Å²) < 4.78 is 0. The van der Waals surface area contributed by atoms with Crippen LogP contribution in [0.2, 0.25) is 0 Å². The van der Waals surface area contributed by atoms with Crippen LogP contribution in [0.1, 0.15) is 19.4 Å². The van der Waals surface area contributed by atoms with Gasteiger partial charge < -0.3 is 10.6 Å². The summed E-state index contributed by atoms with van der Waals surface area (Å²) in [7, 11) is 0. The molecule has 0 atom stereocenters. The van der Waals surface area contributed by atoms with E-state index in [-0.39, 0.29) is 0 Å². The summed E-state index contributed by atoms with van der Waals surface area (Å²) in [5, 5.41) is 6.76. The highest BCUT2D eigenvalue weighted by Gasteiger charge is 2.07. The van der Waals surface area contributed by atoms with Gasteiger partial charge in [0.2, 0.25) is 0 Å². The standard InChI is InChI=1S/C20H22N4/c1-15(2)22-19-13-18(21-14-16-9-5-3-6-10-16)23-20(24-19)17-11-7-4-8-12-17/h3-13,15H,14H2,1-2H3,(H2,21,22,23,24). The lowest BCUT2D eigenvalue weighted by atomic mass is 10.2. The van der Waals surface area contributed by atoms with Gasteiger partial charge in [-0.05, 0) is 19.4 Å². The maximum Gasteiger partial charge on any atom is 0.163 e. The third-order valence-corrected chi connectivity index (χ3v) is 3.51. The normalized spacial score (nSPS) is 10.6.